The van der Waals surface area contributed by atoms with Crippen molar-refractivity contribution in [1.29, 1.82) is 0 Å². The summed E-state index contributed by atoms with van der Waals surface area (Å²) in [4.78, 5) is 0. The van der Waals surface area contributed by atoms with Gasteiger partial charge in [-0.05, 0) is 38.0 Å². The SMILES string of the molecule is CC#CCCOc1ccc(CC(C)N)cc1F. The van der Waals surface area contributed by atoms with Gasteiger partial charge in [0.15, 0.2) is 11.6 Å². The van der Waals surface area contributed by atoms with Gasteiger partial charge in [0.05, 0.1) is 6.61 Å². The van der Waals surface area contributed by atoms with Crippen molar-refractivity contribution >= 4 is 0 Å². The maximum Gasteiger partial charge on any atom is 0.165 e. The van der Waals surface area contributed by atoms with Crippen LogP contribution in [0, 0.1) is 17.7 Å². The molecule has 0 heterocycles. The van der Waals surface area contributed by atoms with Gasteiger partial charge in [0, 0.05) is 12.5 Å². The van der Waals surface area contributed by atoms with Gasteiger partial charge in [-0.2, -0.15) is 0 Å². The first-order valence-corrected chi connectivity index (χ1v) is 5.70. The van der Waals surface area contributed by atoms with E-state index < -0.39 is 0 Å². The molecule has 0 fully saturated rings. The van der Waals surface area contributed by atoms with Crippen LogP contribution in [0.25, 0.3) is 0 Å². The molecule has 0 aliphatic carbocycles. The highest BCUT2D eigenvalue weighted by Crippen LogP contribution is 2.19. The fourth-order valence-electron chi connectivity index (χ4n) is 1.50. The minimum Gasteiger partial charge on any atom is -0.490 e. The minimum absolute atomic E-state index is 0.0287. The summed E-state index contributed by atoms with van der Waals surface area (Å²) in [6.45, 7) is 4.07. The van der Waals surface area contributed by atoms with Crippen molar-refractivity contribution in [3.63, 3.8) is 0 Å². The van der Waals surface area contributed by atoms with E-state index in [1.165, 1.54) is 6.07 Å². The van der Waals surface area contributed by atoms with E-state index in [9.17, 15) is 4.39 Å². The molecule has 0 spiro atoms. The van der Waals surface area contributed by atoms with E-state index in [1.54, 1.807) is 13.0 Å². The number of nitrogens with two attached hydrogens (primary N) is 1. The second kappa shape index (κ2) is 6.93. The fourth-order valence-corrected chi connectivity index (χ4v) is 1.50. The number of halogens is 1. The summed E-state index contributed by atoms with van der Waals surface area (Å²) < 4.78 is 18.9. The zero-order valence-corrected chi connectivity index (χ0v) is 10.3. The molecule has 0 aliphatic rings. The Bertz CT molecular complexity index is 418. The van der Waals surface area contributed by atoms with Crippen LogP contribution < -0.4 is 10.5 Å². The van der Waals surface area contributed by atoms with E-state index in [-0.39, 0.29) is 17.6 Å². The van der Waals surface area contributed by atoms with Crippen molar-refractivity contribution in [3.8, 4) is 17.6 Å². The van der Waals surface area contributed by atoms with E-state index in [0.717, 1.165) is 5.56 Å². The van der Waals surface area contributed by atoms with Crippen LogP contribution in [0.15, 0.2) is 18.2 Å². The first-order chi connectivity index (χ1) is 8.13. The molecule has 17 heavy (non-hydrogen) atoms. The monoisotopic (exact) mass is 235 g/mol. The Hall–Kier alpha value is -1.53. The molecule has 0 aromatic heterocycles. The van der Waals surface area contributed by atoms with Crippen molar-refractivity contribution in [2.24, 2.45) is 5.73 Å². The molecule has 0 bridgehead atoms. The normalized spacial score (nSPS) is 11.5. The van der Waals surface area contributed by atoms with Gasteiger partial charge in [-0.25, -0.2) is 4.39 Å². The highest BCUT2D eigenvalue weighted by molar-refractivity contribution is 5.29. The molecule has 1 unspecified atom stereocenters. The van der Waals surface area contributed by atoms with Crippen molar-refractivity contribution in [2.45, 2.75) is 32.7 Å². The van der Waals surface area contributed by atoms with Gasteiger partial charge >= 0.3 is 0 Å². The molecule has 2 N–H and O–H groups in total. The molecular formula is C14H18FNO. The van der Waals surface area contributed by atoms with Gasteiger partial charge in [0.2, 0.25) is 0 Å². The summed E-state index contributed by atoms with van der Waals surface area (Å²) in [6, 6.07) is 4.99. The standard InChI is InChI=1S/C14H18FNO/c1-3-4-5-8-17-14-7-6-12(9-11(2)16)10-13(14)15/h6-7,10-11H,5,8-9,16H2,1-2H3. The highest BCUT2D eigenvalue weighted by Gasteiger charge is 2.05. The first kappa shape index (κ1) is 13.5. The topological polar surface area (TPSA) is 35.2 Å². The number of hydrogen-bond donors (Lipinski definition) is 1. The Morgan fingerprint density at radius 3 is 2.82 bits per heavy atom. The Balaban J connectivity index is 2.58. The van der Waals surface area contributed by atoms with Crippen LogP contribution >= 0.6 is 0 Å². The number of rotatable bonds is 5. The largest absolute Gasteiger partial charge is 0.490 e. The lowest BCUT2D eigenvalue weighted by atomic mass is 10.1. The van der Waals surface area contributed by atoms with Crippen LogP contribution in [0.4, 0.5) is 4.39 Å². The third-order valence-corrected chi connectivity index (χ3v) is 2.22. The summed E-state index contributed by atoms with van der Waals surface area (Å²) in [5, 5.41) is 0. The third-order valence-electron chi connectivity index (χ3n) is 2.22. The maximum atomic E-state index is 13.6. The van der Waals surface area contributed by atoms with E-state index >= 15 is 0 Å². The van der Waals surface area contributed by atoms with E-state index in [1.807, 2.05) is 13.0 Å². The van der Waals surface area contributed by atoms with Gasteiger partial charge in [-0.1, -0.05) is 6.07 Å². The number of hydrogen-bond acceptors (Lipinski definition) is 2. The Morgan fingerprint density at radius 2 is 2.24 bits per heavy atom. The van der Waals surface area contributed by atoms with Gasteiger partial charge in [0.25, 0.3) is 0 Å². The van der Waals surface area contributed by atoms with Crippen LogP contribution in [-0.4, -0.2) is 12.6 Å². The predicted molar refractivity (Wildman–Crippen MR) is 67.3 cm³/mol. The van der Waals surface area contributed by atoms with Gasteiger partial charge in [-0.15, -0.1) is 11.8 Å². The quantitative estimate of drug-likeness (QED) is 0.628. The molecule has 0 amide bonds. The number of benzene rings is 1. The van der Waals surface area contributed by atoms with Crippen molar-refractivity contribution in [1.82, 2.24) is 0 Å². The van der Waals surface area contributed by atoms with E-state index in [4.69, 9.17) is 10.5 Å². The molecule has 1 aromatic carbocycles. The highest BCUT2D eigenvalue weighted by atomic mass is 19.1. The van der Waals surface area contributed by atoms with Gasteiger partial charge in [0.1, 0.15) is 0 Å². The second-order valence-electron chi connectivity index (χ2n) is 3.97. The molecule has 3 heteroatoms. The molecule has 0 saturated carbocycles. The smallest absolute Gasteiger partial charge is 0.165 e. The molecule has 0 radical (unpaired) electrons. The summed E-state index contributed by atoms with van der Waals surface area (Å²) in [6.07, 6.45) is 1.27. The van der Waals surface area contributed by atoms with Gasteiger partial charge < -0.3 is 10.5 Å². The molecule has 2 nitrogen and oxygen atoms in total. The average molecular weight is 235 g/mol. The van der Waals surface area contributed by atoms with Crippen LogP contribution in [0.5, 0.6) is 5.75 Å². The number of ether oxygens (including phenoxy) is 1. The van der Waals surface area contributed by atoms with Crippen LogP contribution in [0.1, 0.15) is 25.8 Å². The molecule has 1 atom stereocenters. The lowest BCUT2D eigenvalue weighted by Crippen LogP contribution is -2.17. The van der Waals surface area contributed by atoms with Crippen molar-refractivity contribution in [3.05, 3.63) is 29.6 Å². The molecule has 92 valence electrons. The summed E-state index contributed by atoms with van der Waals surface area (Å²) in [5.41, 5.74) is 6.54. The Morgan fingerprint density at radius 1 is 1.47 bits per heavy atom. The zero-order chi connectivity index (χ0) is 12.7. The second-order valence-corrected chi connectivity index (χ2v) is 3.97. The minimum atomic E-state index is -0.340. The molecular weight excluding hydrogens is 217 g/mol. The molecule has 1 aromatic rings. The first-order valence-electron chi connectivity index (χ1n) is 5.70. The third kappa shape index (κ3) is 4.88. The van der Waals surface area contributed by atoms with Crippen LogP contribution in [-0.2, 0) is 6.42 Å². The lowest BCUT2D eigenvalue weighted by molar-refractivity contribution is 0.309. The Labute approximate surface area is 102 Å². The van der Waals surface area contributed by atoms with E-state index in [2.05, 4.69) is 11.8 Å². The zero-order valence-electron chi connectivity index (χ0n) is 10.3. The summed E-state index contributed by atoms with van der Waals surface area (Å²) >= 11 is 0. The summed E-state index contributed by atoms with van der Waals surface area (Å²) in [7, 11) is 0. The van der Waals surface area contributed by atoms with Crippen molar-refractivity contribution in [2.75, 3.05) is 6.61 Å². The average Bonchev–Trinajstić information content (AvgIpc) is 2.26. The van der Waals surface area contributed by atoms with Gasteiger partial charge in [-0.3, -0.25) is 0 Å². The summed E-state index contributed by atoms with van der Waals surface area (Å²) in [5.74, 6) is 5.56. The van der Waals surface area contributed by atoms with Crippen LogP contribution in [0.2, 0.25) is 0 Å². The van der Waals surface area contributed by atoms with Crippen LogP contribution in [0.3, 0.4) is 0 Å². The molecule has 0 aliphatic heterocycles. The predicted octanol–water partition coefficient (Wildman–Crippen LogP) is 2.51. The Kier molecular flexibility index (Phi) is 5.51. The molecule has 1 rings (SSSR count). The maximum absolute atomic E-state index is 13.6. The lowest BCUT2D eigenvalue weighted by Gasteiger charge is -2.09. The van der Waals surface area contributed by atoms with E-state index in [0.29, 0.717) is 19.4 Å². The molecule has 0 saturated heterocycles. The van der Waals surface area contributed by atoms with Crippen molar-refractivity contribution < 1.29 is 9.13 Å². The fraction of sp³-hybridized carbons (Fsp3) is 0.429.